The highest BCUT2D eigenvalue weighted by Crippen LogP contribution is 2.30. The summed E-state index contributed by atoms with van der Waals surface area (Å²) in [6.45, 7) is -0.429. The number of benzene rings is 1. The van der Waals surface area contributed by atoms with E-state index in [2.05, 4.69) is 0 Å². The van der Waals surface area contributed by atoms with Crippen molar-refractivity contribution in [2.75, 3.05) is 32.3 Å². The van der Waals surface area contributed by atoms with Gasteiger partial charge >= 0.3 is 5.97 Å². The second kappa shape index (κ2) is 9.02. The number of methoxy groups -OCH3 is 2. The molecule has 1 aromatic rings. The number of amides is 1. The van der Waals surface area contributed by atoms with E-state index in [-0.39, 0.29) is 40.8 Å². The molecule has 0 spiro atoms. The summed E-state index contributed by atoms with van der Waals surface area (Å²) in [6, 6.07) is 4.35. The van der Waals surface area contributed by atoms with Gasteiger partial charge < -0.3 is 19.1 Å². The largest absolute Gasteiger partial charge is 0.497 e. The van der Waals surface area contributed by atoms with E-state index in [1.807, 2.05) is 0 Å². The quantitative estimate of drug-likeness (QED) is 0.615. The number of sulfone groups is 1. The molecule has 0 N–H and O–H groups in total. The van der Waals surface area contributed by atoms with Crippen molar-refractivity contribution >= 4 is 21.7 Å². The third-order valence-electron chi connectivity index (χ3n) is 5.56. The molecule has 29 heavy (non-hydrogen) atoms. The Morgan fingerprint density at radius 2 is 1.79 bits per heavy atom. The highest BCUT2D eigenvalue weighted by Gasteiger charge is 2.39. The fraction of sp³-hybridized carbons (Fsp3) is 0.600. The van der Waals surface area contributed by atoms with Crippen LogP contribution in [0.4, 0.5) is 0 Å². The van der Waals surface area contributed by atoms with E-state index < -0.39 is 22.4 Å². The molecule has 160 valence electrons. The molecule has 1 heterocycles. The number of hydrogen-bond acceptors (Lipinski definition) is 7. The van der Waals surface area contributed by atoms with Crippen LogP contribution in [0, 0.1) is 0 Å². The van der Waals surface area contributed by atoms with Crippen molar-refractivity contribution in [2.45, 2.75) is 44.2 Å². The summed E-state index contributed by atoms with van der Waals surface area (Å²) < 4.78 is 39.4. The van der Waals surface area contributed by atoms with E-state index >= 15 is 0 Å². The Kier molecular flexibility index (Phi) is 6.66. The van der Waals surface area contributed by atoms with Gasteiger partial charge in [0.2, 0.25) is 0 Å². The molecule has 1 aliphatic carbocycles. The van der Waals surface area contributed by atoms with Gasteiger partial charge in [0.15, 0.2) is 16.4 Å². The molecule has 1 aromatic carbocycles. The highest BCUT2D eigenvalue weighted by molar-refractivity contribution is 7.91. The van der Waals surface area contributed by atoms with Gasteiger partial charge in [-0.1, -0.05) is 12.8 Å². The fourth-order valence-electron chi connectivity index (χ4n) is 4.13. The molecule has 1 amide bonds. The summed E-state index contributed by atoms with van der Waals surface area (Å²) in [5.74, 6) is -0.129. The molecule has 0 bridgehead atoms. The zero-order valence-electron chi connectivity index (χ0n) is 16.8. The smallest absolute Gasteiger partial charge is 0.342 e. The predicted octanol–water partition coefficient (Wildman–Crippen LogP) is 1.82. The minimum absolute atomic E-state index is 0.00928. The molecular weight excluding hydrogens is 398 g/mol. The molecule has 0 aromatic heterocycles. The van der Waals surface area contributed by atoms with Crippen molar-refractivity contribution in [1.82, 2.24) is 4.90 Å². The van der Waals surface area contributed by atoms with E-state index in [1.54, 1.807) is 17.0 Å². The van der Waals surface area contributed by atoms with Crippen molar-refractivity contribution < 1.29 is 32.2 Å². The monoisotopic (exact) mass is 425 g/mol. The molecular formula is C20H27NO7S. The van der Waals surface area contributed by atoms with Crippen molar-refractivity contribution in [3.63, 3.8) is 0 Å². The van der Waals surface area contributed by atoms with Gasteiger partial charge in [-0.05, 0) is 31.4 Å². The number of nitrogens with zero attached hydrogens (tertiary/aromatic N) is 1. The summed E-state index contributed by atoms with van der Waals surface area (Å²) in [6.07, 6.45) is 4.16. The first-order chi connectivity index (χ1) is 13.8. The lowest BCUT2D eigenvalue weighted by Gasteiger charge is -2.33. The number of ether oxygens (including phenoxy) is 3. The summed E-state index contributed by atoms with van der Waals surface area (Å²) in [7, 11) is -0.188. The van der Waals surface area contributed by atoms with Crippen molar-refractivity contribution in [1.29, 1.82) is 0 Å². The molecule has 1 atom stereocenters. The lowest BCUT2D eigenvalue weighted by atomic mass is 10.1. The van der Waals surface area contributed by atoms with Crippen LogP contribution in [0.3, 0.4) is 0 Å². The van der Waals surface area contributed by atoms with E-state index in [0.717, 1.165) is 25.7 Å². The van der Waals surface area contributed by atoms with Crippen molar-refractivity contribution in [2.24, 2.45) is 0 Å². The molecule has 2 aliphatic rings. The van der Waals surface area contributed by atoms with E-state index in [9.17, 15) is 18.0 Å². The summed E-state index contributed by atoms with van der Waals surface area (Å²) in [4.78, 5) is 27.1. The number of rotatable bonds is 7. The predicted molar refractivity (Wildman–Crippen MR) is 106 cm³/mol. The normalized spacial score (nSPS) is 21.0. The minimum Gasteiger partial charge on any atom is -0.497 e. The van der Waals surface area contributed by atoms with E-state index in [0.29, 0.717) is 12.2 Å². The first-order valence-corrected chi connectivity index (χ1v) is 11.6. The van der Waals surface area contributed by atoms with Gasteiger partial charge in [-0.3, -0.25) is 4.79 Å². The SMILES string of the molecule is COc1ccc(C(=O)OCC(=O)N(C2CCCC2)[C@@H]2CCS(=O)(=O)C2)c(OC)c1. The van der Waals surface area contributed by atoms with Crippen LogP contribution >= 0.6 is 0 Å². The van der Waals surface area contributed by atoms with E-state index in [4.69, 9.17) is 14.2 Å². The van der Waals surface area contributed by atoms with Crippen molar-refractivity contribution in [3.05, 3.63) is 23.8 Å². The zero-order valence-corrected chi connectivity index (χ0v) is 17.6. The average molecular weight is 426 g/mol. The van der Waals surface area contributed by atoms with Gasteiger partial charge in [0, 0.05) is 18.2 Å². The second-order valence-electron chi connectivity index (χ2n) is 7.44. The van der Waals surface area contributed by atoms with Gasteiger partial charge in [0.1, 0.15) is 17.1 Å². The van der Waals surface area contributed by atoms with Crippen molar-refractivity contribution in [3.8, 4) is 11.5 Å². The standard InChI is InChI=1S/C20H27NO7S/c1-26-16-7-8-17(18(11-16)27-2)20(23)28-12-19(22)21(14-5-3-4-6-14)15-9-10-29(24,25)13-15/h7-8,11,14-15H,3-6,9-10,12-13H2,1-2H3/t15-/m1/s1. The Morgan fingerprint density at radius 1 is 1.07 bits per heavy atom. The maximum Gasteiger partial charge on any atom is 0.342 e. The topological polar surface area (TPSA) is 99.2 Å². The number of hydrogen-bond donors (Lipinski definition) is 0. The summed E-state index contributed by atoms with van der Waals surface area (Å²) >= 11 is 0. The molecule has 0 radical (unpaired) electrons. The third kappa shape index (κ3) is 5.01. The lowest BCUT2D eigenvalue weighted by Crippen LogP contribution is -2.48. The van der Waals surface area contributed by atoms with Gasteiger partial charge in [0.25, 0.3) is 5.91 Å². The van der Waals surface area contributed by atoms with Crippen LogP contribution < -0.4 is 9.47 Å². The maximum absolute atomic E-state index is 12.9. The average Bonchev–Trinajstić information content (AvgIpc) is 3.35. The molecule has 3 rings (SSSR count). The number of carbonyl (C=O) groups is 2. The van der Waals surface area contributed by atoms with E-state index in [1.165, 1.54) is 20.3 Å². The Hall–Kier alpha value is -2.29. The Morgan fingerprint density at radius 3 is 2.38 bits per heavy atom. The van der Waals surface area contributed by atoms with Crippen LogP contribution in [0.1, 0.15) is 42.5 Å². The fourth-order valence-corrected chi connectivity index (χ4v) is 5.84. The van der Waals surface area contributed by atoms with Crippen LogP contribution in [0.5, 0.6) is 11.5 Å². The molecule has 2 fully saturated rings. The maximum atomic E-state index is 12.9. The lowest BCUT2D eigenvalue weighted by molar-refractivity contribution is -0.139. The Labute approximate surface area is 171 Å². The molecule has 8 nitrogen and oxygen atoms in total. The highest BCUT2D eigenvalue weighted by atomic mass is 32.2. The minimum atomic E-state index is -3.12. The molecule has 9 heteroatoms. The molecule has 0 unspecified atom stereocenters. The van der Waals surface area contributed by atoms with Gasteiger partial charge in [-0.25, -0.2) is 13.2 Å². The zero-order chi connectivity index (χ0) is 21.0. The number of esters is 1. The summed E-state index contributed by atoms with van der Waals surface area (Å²) in [5, 5.41) is 0. The number of carbonyl (C=O) groups excluding carboxylic acids is 2. The Balaban J connectivity index is 1.69. The van der Waals surface area contributed by atoms with Gasteiger partial charge in [-0.15, -0.1) is 0 Å². The van der Waals surface area contributed by atoms with Crippen LogP contribution in [0.15, 0.2) is 18.2 Å². The van der Waals surface area contributed by atoms with Gasteiger partial charge in [0.05, 0.1) is 25.7 Å². The van der Waals surface area contributed by atoms with Crippen LogP contribution in [-0.2, 0) is 19.4 Å². The van der Waals surface area contributed by atoms with Gasteiger partial charge in [-0.2, -0.15) is 0 Å². The first-order valence-electron chi connectivity index (χ1n) is 9.75. The van der Waals surface area contributed by atoms with Crippen LogP contribution in [0.2, 0.25) is 0 Å². The first kappa shape index (κ1) is 21.4. The molecule has 1 saturated heterocycles. The molecule has 1 saturated carbocycles. The Bertz CT molecular complexity index is 862. The second-order valence-corrected chi connectivity index (χ2v) is 9.67. The molecule has 1 aliphatic heterocycles. The van der Waals surface area contributed by atoms with Crippen LogP contribution in [-0.4, -0.2) is 69.6 Å². The van der Waals surface area contributed by atoms with Crippen LogP contribution in [0.25, 0.3) is 0 Å². The summed E-state index contributed by atoms with van der Waals surface area (Å²) in [5.41, 5.74) is 0.192. The third-order valence-corrected chi connectivity index (χ3v) is 7.31.